The molecule has 3 atom stereocenters. The summed E-state index contributed by atoms with van der Waals surface area (Å²) in [4.78, 5) is 12.3. The Kier molecular flexibility index (Phi) is 3.70. The minimum Gasteiger partial charge on any atom is -0.378 e. The van der Waals surface area contributed by atoms with E-state index in [4.69, 9.17) is 4.74 Å². The highest BCUT2D eigenvalue weighted by Gasteiger charge is 2.51. The van der Waals surface area contributed by atoms with E-state index in [1.165, 1.54) is 0 Å². The van der Waals surface area contributed by atoms with Gasteiger partial charge in [0.1, 0.15) is 0 Å². The average molecular weight is 254 g/mol. The molecular weight excluding hydrogens is 228 g/mol. The SMILES string of the molecule is CCOC1CC(NC(=O)C2(C)CCCN2)C1(C)C. The van der Waals surface area contributed by atoms with Crippen molar-refractivity contribution < 1.29 is 9.53 Å². The van der Waals surface area contributed by atoms with E-state index < -0.39 is 0 Å². The lowest BCUT2D eigenvalue weighted by atomic mass is 9.64. The Hall–Kier alpha value is -0.610. The number of nitrogens with one attached hydrogen (secondary N) is 2. The third-order valence-electron chi connectivity index (χ3n) is 4.72. The first-order valence-electron chi connectivity index (χ1n) is 7.08. The Balaban J connectivity index is 1.90. The first-order valence-corrected chi connectivity index (χ1v) is 7.08. The van der Waals surface area contributed by atoms with Crippen molar-refractivity contribution >= 4 is 5.91 Å². The fraction of sp³-hybridized carbons (Fsp3) is 0.929. The van der Waals surface area contributed by atoms with Gasteiger partial charge in [0, 0.05) is 18.1 Å². The number of hydrogen-bond acceptors (Lipinski definition) is 3. The highest BCUT2D eigenvalue weighted by molar-refractivity contribution is 5.86. The van der Waals surface area contributed by atoms with E-state index >= 15 is 0 Å². The van der Waals surface area contributed by atoms with Gasteiger partial charge >= 0.3 is 0 Å². The van der Waals surface area contributed by atoms with Crippen LogP contribution in [0.2, 0.25) is 0 Å². The summed E-state index contributed by atoms with van der Waals surface area (Å²) in [5, 5.41) is 6.50. The monoisotopic (exact) mass is 254 g/mol. The number of hydrogen-bond donors (Lipinski definition) is 2. The smallest absolute Gasteiger partial charge is 0.240 e. The summed E-state index contributed by atoms with van der Waals surface area (Å²) >= 11 is 0. The highest BCUT2D eigenvalue weighted by atomic mass is 16.5. The lowest BCUT2D eigenvalue weighted by molar-refractivity contribution is -0.140. The predicted molar refractivity (Wildman–Crippen MR) is 71.4 cm³/mol. The summed E-state index contributed by atoms with van der Waals surface area (Å²) in [6, 6.07) is 0.237. The second-order valence-electron chi connectivity index (χ2n) is 6.39. The number of rotatable bonds is 4. The molecular formula is C14H26N2O2. The van der Waals surface area contributed by atoms with Gasteiger partial charge in [-0.15, -0.1) is 0 Å². The van der Waals surface area contributed by atoms with Crippen molar-refractivity contribution in [3.05, 3.63) is 0 Å². The van der Waals surface area contributed by atoms with Crippen LogP contribution in [0.1, 0.15) is 47.0 Å². The number of ether oxygens (including phenoxy) is 1. The van der Waals surface area contributed by atoms with Crippen LogP contribution < -0.4 is 10.6 Å². The fourth-order valence-corrected chi connectivity index (χ4v) is 3.02. The largest absolute Gasteiger partial charge is 0.378 e. The molecule has 1 saturated carbocycles. The summed E-state index contributed by atoms with van der Waals surface area (Å²) in [5.41, 5.74) is -0.326. The van der Waals surface area contributed by atoms with Gasteiger partial charge in [0.05, 0.1) is 11.6 Å². The van der Waals surface area contributed by atoms with Crippen molar-refractivity contribution in [2.45, 2.75) is 64.6 Å². The molecule has 3 unspecified atom stereocenters. The van der Waals surface area contributed by atoms with Crippen LogP contribution >= 0.6 is 0 Å². The third-order valence-corrected chi connectivity index (χ3v) is 4.72. The maximum absolute atomic E-state index is 12.3. The lowest BCUT2D eigenvalue weighted by Crippen LogP contribution is -2.65. The van der Waals surface area contributed by atoms with E-state index in [9.17, 15) is 4.79 Å². The number of amides is 1. The van der Waals surface area contributed by atoms with E-state index in [-0.39, 0.29) is 29.0 Å². The Bertz CT molecular complexity index is 322. The van der Waals surface area contributed by atoms with Crippen LogP contribution in [-0.4, -0.2) is 36.7 Å². The van der Waals surface area contributed by atoms with E-state index in [0.717, 1.165) is 32.4 Å². The van der Waals surface area contributed by atoms with Gasteiger partial charge in [-0.2, -0.15) is 0 Å². The van der Waals surface area contributed by atoms with Crippen LogP contribution in [0.25, 0.3) is 0 Å². The normalized spacial score (nSPS) is 38.2. The average Bonchev–Trinajstić information content (AvgIpc) is 2.76. The molecule has 0 spiro atoms. The molecule has 1 aliphatic carbocycles. The standard InChI is InChI=1S/C14H26N2O2/c1-5-18-11-9-10(13(11,2)3)16-12(17)14(4)7-6-8-15-14/h10-11,15H,5-9H2,1-4H3,(H,16,17). The molecule has 0 radical (unpaired) electrons. The predicted octanol–water partition coefficient (Wildman–Crippen LogP) is 1.45. The Morgan fingerprint density at radius 3 is 2.67 bits per heavy atom. The van der Waals surface area contributed by atoms with Gasteiger partial charge in [-0.1, -0.05) is 13.8 Å². The molecule has 4 nitrogen and oxygen atoms in total. The first kappa shape index (κ1) is 13.8. The van der Waals surface area contributed by atoms with Crippen molar-refractivity contribution in [1.82, 2.24) is 10.6 Å². The molecule has 2 aliphatic rings. The molecule has 1 saturated heterocycles. The quantitative estimate of drug-likeness (QED) is 0.798. The Labute approximate surface area is 110 Å². The van der Waals surface area contributed by atoms with Crippen LogP contribution in [0.4, 0.5) is 0 Å². The minimum absolute atomic E-state index is 0.0423. The van der Waals surface area contributed by atoms with Gasteiger partial charge < -0.3 is 15.4 Å². The molecule has 2 fully saturated rings. The molecule has 0 aromatic rings. The van der Waals surface area contributed by atoms with Gasteiger partial charge in [-0.25, -0.2) is 0 Å². The zero-order chi connectivity index (χ0) is 13.4. The van der Waals surface area contributed by atoms with Gasteiger partial charge in [0.25, 0.3) is 0 Å². The molecule has 2 rings (SSSR count). The lowest BCUT2D eigenvalue weighted by Gasteiger charge is -2.52. The topological polar surface area (TPSA) is 50.4 Å². The first-order chi connectivity index (χ1) is 8.40. The van der Waals surface area contributed by atoms with Crippen LogP contribution in [0.15, 0.2) is 0 Å². The third kappa shape index (κ3) is 2.28. The minimum atomic E-state index is -0.368. The van der Waals surface area contributed by atoms with Crippen molar-refractivity contribution in [1.29, 1.82) is 0 Å². The van der Waals surface area contributed by atoms with E-state index in [0.29, 0.717) is 0 Å². The fourth-order valence-electron chi connectivity index (χ4n) is 3.02. The molecule has 18 heavy (non-hydrogen) atoms. The molecule has 0 bridgehead atoms. The molecule has 1 amide bonds. The molecule has 1 heterocycles. The maximum Gasteiger partial charge on any atom is 0.240 e. The molecule has 104 valence electrons. The second kappa shape index (κ2) is 4.82. The Morgan fingerprint density at radius 1 is 1.44 bits per heavy atom. The number of carbonyl (C=O) groups is 1. The van der Waals surface area contributed by atoms with Gasteiger partial charge in [-0.05, 0) is 39.7 Å². The summed E-state index contributed by atoms with van der Waals surface area (Å²) in [6.45, 7) is 10.1. The highest BCUT2D eigenvalue weighted by Crippen LogP contribution is 2.43. The van der Waals surface area contributed by atoms with Crippen molar-refractivity contribution in [2.24, 2.45) is 5.41 Å². The van der Waals surface area contributed by atoms with Gasteiger partial charge in [0.2, 0.25) is 5.91 Å². The summed E-state index contributed by atoms with van der Waals surface area (Å²) < 4.78 is 5.69. The van der Waals surface area contributed by atoms with Crippen molar-refractivity contribution in [3.63, 3.8) is 0 Å². The van der Waals surface area contributed by atoms with Gasteiger partial charge in [0.15, 0.2) is 0 Å². The van der Waals surface area contributed by atoms with Crippen molar-refractivity contribution in [3.8, 4) is 0 Å². The van der Waals surface area contributed by atoms with E-state index in [1.807, 2.05) is 13.8 Å². The molecule has 2 N–H and O–H groups in total. The van der Waals surface area contributed by atoms with Crippen LogP contribution in [0.5, 0.6) is 0 Å². The Morgan fingerprint density at radius 2 is 2.17 bits per heavy atom. The van der Waals surface area contributed by atoms with E-state index in [2.05, 4.69) is 24.5 Å². The van der Waals surface area contributed by atoms with Gasteiger partial charge in [-0.3, -0.25) is 4.79 Å². The van der Waals surface area contributed by atoms with Crippen LogP contribution in [-0.2, 0) is 9.53 Å². The summed E-state index contributed by atoms with van der Waals surface area (Å²) in [6.07, 6.45) is 3.22. The molecule has 0 aromatic carbocycles. The molecule has 1 aliphatic heterocycles. The van der Waals surface area contributed by atoms with Crippen molar-refractivity contribution in [2.75, 3.05) is 13.2 Å². The zero-order valence-electron chi connectivity index (χ0n) is 12.0. The maximum atomic E-state index is 12.3. The van der Waals surface area contributed by atoms with Crippen LogP contribution in [0, 0.1) is 5.41 Å². The van der Waals surface area contributed by atoms with Crippen LogP contribution in [0.3, 0.4) is 0 Å². The number of carbonyl (C=O) groups excluding carboxylic acids is 1. The summed E-state index contributed by atoms with van der Waals surface area (Å²) in [7, 11) is 0. The second-order valence-corrected chi connectivity index (χ2v) is 6.39. The zero-order valence-corrected chi connectivity index (χ0v) is 12.0. The van der Waals surface area contributed by atoms with E-state index in [1.54, 1.807) is 0 Å². The molecule has 4 heteroatoms. The molecule has 0 aromatic heterocycles. The summed E-state index contributed by atoms with van der Waals surface area (Å²) in [5.74, 6) is 0.146.